The lowest BCUT2D eigenvalue weighted by Gasteiger charge is -2.36. The molecular weight excluding hydrogens is 366 g/mol. The van der Waals surface area contributed by atoms with Crippen molar-refractivity contribution in [2.75, 3.05) is 11.4 Å². The summed E-state index contributed by atoms with van der Waals surface area (Å²) >= 11 is 0. The number of carbonyl (C=O) groups excluding carboxylic acids is 3. The number of urea groups is 1. The number of imide groups is 1. The van der Waals surface area contributed by atoms with Crippen LogP contribution in [0.1, 0.15) is 33.6 Å². The first-order chi connectivity index (χ1) is 13.8. The van der Waals surface area contributed by atoms with Gasteiger partial charge in [0.2, 0.25) is 5.91 Å². The Morgan fingerprint density at radius 1 is 1.07 bits per heavy atom. The van der Waals surface area contributed by atoms with Crippen LogP contribution in [0.3, 0.4) is 0 Å². The van der Waals surface area contributed by atoms with Gasteiger partial charge in [-0.3, -0.25) is 9.59 Å². The second-order valence-corrected chi connectivity index (χ2v) is 9.55. The van der Waals surface area contributed by atoms with Crippen molar-refractivity contribution in [3.8, 4) is 0 Å². The van der Waals surface area contributed by atoms with Gasteiger partial charge in [-0.25, -0.2) is 9.69 Å². The Kier molecular flexibility index (Phi) is 3.79. The first-order valence-electron chi connectivity index (χ1n) is 10.2. The van der Waals surface area contributed by atoms with Gasteiger partial charge in [0.05, 0.1) is 17.8 Å². The highest BCUT2D eigenvalue weighted by Gasteiger charge is 2.62. The molecule has 2 aromatic carbocycles. The van der Waals surface area contributed by atoms with E-state index in [1.807, 2.05) is 68.1 Å². The standard InChI is InChI=1S/C23H25N3O3/c1-23(2,3)12-19(27)24-13-15-11-18(24)20-21(28)26(22(29)25(15)20)17-10-6-8-14-7-4-5-9-16(14)17/h4-10,15,18,20H,11-13H2,1-3H3/t15?,18?,20-/m1/s1. The number of benzene rings is 2. The summed E-state index contributed by atoms with van der Waals surface area (Å²) in [6.45, 7) is 6.65. The average Bonchev–Trinajstić information content (AvgIpc) is 3.32. The van der Waals surface area contributed by atoms with Crippen LogP contribution in [0.2, 0.25) is 0 Å². The van der Waals surface area contributed by atoms with E-state index >= 15 is 0 Å². The molecular formula is C23H25N3O3. The first kappa shape index (κ1) is 18.2. The van der Waals surface area contributed by atoms with Crippen LogP contribution in [0.4, 0.5) is 10.5 Å². The van der Waals surface area contributed by atoms with E-state index in [1.165, 1.54) is 4.90 Å². The fourth-order valence-electron chi connectivity index (χ4n) is 5.12. The molecule has 3 saturated heterocycles. The maximum atomic E-state index is 13.4. The van der Waals surface area contributed by atoms with Crippen LogP contribution in [0.25, 0.3) is 10.8 Å². The van der Waals surface area contributed by atoms with Gasteiger partial charge in [-0.15, -0.1) is 0 Å². The SMILES string of the molecule is CC(C)(C)CC(=O)N1CC2CC1[C@@H]1C(=O)N(c3cccc4ccccc34)C(=O)N21. The van der Waals surface area contributed by atoms with E-state index in [2.05, 4.69) is 0 Å². The minimum Gasteiger partial charge on any atom is -0.335 e. The number of hydrogen-bond acceptors (Lipinski definition) is 3. The summed E-state index contributed by atoms with van der Waals surface area (Å²) in [5, 5.41) is 1.87. The topological polar surface area (TPSA) is 60.9 Å². The minimum atomic E-state index is -0.566. The summed E-state index contributed by atoms with van der Waals surface area (Å²) in [5.74, 6) is -0.138. The van der Waals surface area contributed by atoms with Crippen LogP contribution in [-0.2, 0) is 9.59 Å². The zero-order valence-corrected chi connectivity index (χ0v) is 17.0. The molecule has 3 aliphatic rings. The lowest BCUT2D eigenvalue weighted by Crippen LogP contribution is -2.55. The molecule has 5 rings (SSSR count). The molecule has 2 aromatic rings. The lowest BCUT2D eigenvalue weighted by atomic mass is 9.91. The molecule has 0 aromatic heterocycles. The van der Waals surface area contributed by atoms with E-state index in [0.717, 1.165) is 10.8 Å². The zero-order valence-electron chi connectivity index (χ0n) is 17.0. The molecule has 0 N–H and O–H groups in total. The Labute approximate surface area is 170 Å². The van der Waals surface area contributed by atoms with Crippen LogP contribution in [0.15, 0.2) is 42.5 Å². The fourth-order valence-corrected chi connectivity index (χ4v) is 5.12. The lowest BCUT2D eigenvalue weighted by molar-refractivity contribution is -0.137. The third-order valence-corrected chi connectivity index (χ3v) is 6.27. The van der Waals surface area contributed by atoms with Crippen LogP contribution in [-0.4, -0.2) is 52.3 Å². The molecule has 3 fully saturated rings. The molecule has 2 bridgehead atoms. The van der Waals surface area contributed by atoms with E-state index in [-0.39, 0.29) is 35.3 Å². The summed E-state index contributed by atoms with van der Waals surface area (Å²) in [7, 11) is 0. The molecule has 3 heterocycles. The van der Waals surface area contributed by atoms with Gasteiger partial charge in [0.15, 0.2) is 0 Å². The molecule has 0 saturated carbocycles. The molecule has 0 radical (unpaired) electrons. The highest BCUT2D eigenvalue weighted by atomic mass is 16.2. The highest BCUT2D eigenvalue weighted by Crippen LogP contribution is 2.44. The van der Waals surface area contributed by atoms with Gasteiger partial charge in [0.1, 0.15) is 6.04 Å². The molecule has 6 nitrogen and oxygen atoms in total. The predicted molar refractivity (Wildman–Crippen MR) is 110 cm³/mol. The van der Waals surface area contributed by atoms with Gasteiger partial charge in [-0.2, -0.15) is 0 Å². The number of rotatable bonds is 2. The summed E-state index contributed by atoms with van der Waals surface area (Å²) in [6, 6.07) is 12.3. The van der Waals surface area contributed by atoms with Crippen molar-refractivity contribution in [3.05, 3.63) is 42.5 Å². The van der Waals surface area contributed by atoms with Gasteiger partial charge in [-0.1, -0.05) is 57.2 Å². The Balaban J connectivity index is 1.48. The number of piperazine rings is 1. The van der Waals surface area contributed by atoms with E-state index in [9.17, 15) is 14.4 Å². The van der Waals surface area contributed by atoms with Crippen LogP contribution >= 0.6 is 0 Å². The molecule has 3 aliphatic heterocycles. The molecule has 6 heteroatoms. The predicted octanol–water partition coefficient (Wildman–Crippen LogP) is 3.40. The Hall–Kier alpha value is -2.89. The average molecular weight is 391 g/mol. The van der Waals surface area contributed by atoms with E-state index in [1.54, 1.807) is 4.90 Å². The summed E-state index contributed by atoms with van der Waals surface area (Å²) in [4.78, 5) is 44.4. The van der Waals surface area contributed by atoms with Crippen LogP contribution in [0, 0.1) is 5.41 Å². The maximum absolute atomic E-state index is 13.4. The summed E-state index contributed by atoms with van der Waals surface area (Å²) in [5.41, 5.74) is 0.516. The normalized spacial score (nSPS) is 26.0. The highest BCUT2D eigenvalue weighted by molar-refractivity contribution is 6.25. The molecule has 150 valence electrons. The third kappa shape index (κ3) is 2.65. The molecule has 2 unspecified atom stereocenters. The van der Waals surface area contributed by atoms with E-state index in [4.69, 9.17) is 0 Å². The number of hydrogen-bond donors (Lipinski definition) is 0. The fraction of sp³-hybridized carbons (Fsp3) is 0.435. The van der Waals surface area contributed by atoms with Crippen molar-refractivity contribution < 1.29 is 14.4 Å². The van der Waals surface area contributed by atoms with Crippen molar-refractivity contribution in [2.45, 2.75) is 51.7 Å². The van der Waals surface area contributed by atoms with E-state index < -0.39 is 6.04 Å². The van der Waals surface area contributed by atoms with Gasteiger partial charge in [-0.05, 0) is 23.3 Å². The molecule has 29 heavy (non-hydrogen) atoms. The number of likely N-dealkylation sites (tertiary alicyclic amines) is 1. The quantitative estimate of drug-likeness (QED) is 0.737. The van der Waals surface area contributed by atoms with E-state index in [0.29, 0.717) is 25.1 Å². The van der Waals surface area contributed by atoms with Crippen molar-refractivity contribution in [3.63, 3.8) is 0 Å². The van der Waals surface area contributed by atoms with Crippen molar-refractivity contribution in [2.24, 2.45) is 5.41 Å². The number of nitrogens with zero attached hydrogens (tertiary/aromatic N) is 3. The largest absolute Gasteiger partial charge is 0.335 e. The van der Waals surface area contributed by atoms with Gasteiger partial charge in [0.25, 0.3) is 5.91 Å². The Morgan fingerprint density at radius 2 is 1.79 bits per heavy atom. The Morgan fingerprint density at radius 3 is 2.55 bits per heavy atom. The van der Waals surface area contributed by atoms with Crippen molar-refractivity contribution in [1.82, 2.24) is 9.80 Å². The minimum absolute atomic E-state index is 0.0773. The monoisotopic (exact) mass is 391 g/mol. The first-order valence-corrected chi connectivity index (χ1v) is 10.2. The van der Waals surface area contributed by atoms with Gasteiger partial charge < -0.3 is 9.80 Å². The third-order valence-electron chi connectivity index (χ3n) is 6.27. The molecule has 0 aliphatic carbocycles. The van der Waals surface area contributed by atoms with Crippen molar-refractivity contribution >= 4 is 34.3 Å². The number of fused-ring (bicyclic) bond motifs is 6. The second-order valence-electron chi connectivity index (χ2n) is 9.55. The second kappa shape index (κ2) is 6.05. The number of amides is 4. The Bertz CT molecular complexity index is 1040. The summed E-state index contributed by atoms with van der Waals surface area (Å²) in [6.07, 6.45) is 1.14. The maximum Gasteiger partial charge on any atom is 0.332 e. The number of carbonyl (C=O) groups is 3. The smallest absolute Gasteiger partial charge is 0.332 e. The van der Waals surface area contributed by atoms with Gasteiger partial charge in [0, 0.05) is 18.4 Å². The molecule has 3 atom stereocenters. The summed E-state index contributed by atoms with van der Waals surface area (Å²) < 4.78 is 0. The zero-order chi connectivity index (χ0) is 20.5. The van der Waals surface area contributed by atoms with Crippen molar-refractivity contribution in [1.29, 1.82) is 0 Å². The molecule has 0 spiro atoms. The van der Waals surface area contributed by atoms with Crippen LogP contribution in [0.5, 0.6) is 0 Å². The van der Waals surface area contributed by atoms with Crippen LogP contribution < -0.4 is 4.90 Å². The van der Waals surface area contributed by atoms with Gasteiger partial charge >= 0.3 is 6.03 Å². The number of anilines is 1. The molecule has 4 amide bonds.